The van der Waals surface area contributed by atoms with E-state index in [0.717, 1.165) is 0 Å². The van der Waals surface area contributed by atoms with Gasteiger partial charge in [-0.25, -0.2) is 0 Å². The van der Waals surface area contributed by atoms with E-state index in [1.165, 1.54) is 0 Å². The van der Waals surface area contributed by atoms with Gasteiger partial charge in [0.1, 0.15) is 12.4 Å². The summed E-state index contributed by atoms with van der Waals surface area (Å²) in [5.74, 6) is 0.497. The van der Waals surface area contributed by atoms with Crippen LogP contribution in [0.15, 0.2) is 48.5 Å². The van der Waals surface area contributed by atoms with Crippen LogP contribution < -0.4 is 10.1 Å². The van der Waals surface area contributed by atoms with Crippen LogP contribution in [0.3, 0.4) is 0 Å². The van der Waals surface area contributed by atoms with Crippen LogP contribution in [0.2, 0.25) is 5.02 Å². The van der Waals surface area contributed by atoms with Crippen molar-refractivity contribution in [2.75, 3.05) is 25.1 Å². The molecule has 2 aromatic carbocycles. The van der Waals surface area contributed by atoms with Gasteiger partial charge in [-0.05, 0) is 43.3 Å². The summed E-state index contributed by atoms with van der Waals surface area (Å²) < 4.78 is 10.8. The second-order valence-corrected chi connectivity index (χ2v) is 4.97. The first-order valence-electron chi connectivity index (χ1n) is 7.06. The summed E-state index contributed by atoms with van der Waals surface area (Å²) in [6.45, 7) is 3.62. The predicted octanol–water partition coefficient (Wildman–Crippen LogP) is 4.01. The molecule has 2 aromatic rings. The highest BCUT2D eigenvalue weighted by Gasteiger charge is 2.06. The molecule has 1 amide bonds. The van der Waals surface area contributed by atoms with Gasteiger partial charge in [0.2, 0.25) is 0 Å². The van der Waals surface area contributed by atoms with E-state index in [4.69, 9.17) is 21.1 Å². The molecule has 4 nitrogen and oxygen atoms in total. The van der Waals surface area contributed by atoms with E-state index in [0.29, 0.717) is 41.8 Å². The van der Waals surface area contributed by atoms with Crippen LogP contribution in [0.5, 0.6) is 5.75 Å². The highest BCUT2D eigenvalue weighted by molar-refractivity contribution is 6.30. The number of benzene rings is 2. The molecule has 0 bridgehead atoms. The first-order chi connectivity index (χ1) is 10.7. The molecule has 0 heterocycles. The number of hydrogen-bond acceptors (Lipinski definition) is 3. The molecular weight excluding hydrogens is 302 g/mol. The second-order valence-electron chi connectivity index (χ2n) is 4.53. The molecule has 0 atom stereocenters. The van der Waals surface area contributed by atoms with Crippen molar-refractivity contribution in [3.05, 3.63) is 59.1 Å². The number of amides is 1. The normalized spacial score (nSPS) is 10.3. The molecular formula is C17H18ClNO3. The molecule has 0 aromatic heterocycles. The Morgan fingerprint density at radius 3 is 2.64 bits per heavy atom. The van der Waals surface area contributed by atoms with Gasteiger partial charge in [0.15, 0.2) is 0 Å². The minimum absolute atomic E-state index is 0.192. The number of nitrogens with one attached hydrogen (secondary N) is 1. The van der Waals surface area contributed by atoms with Crippen LogP contribution in [-0.4, -0.2) is 25.7 Å². The molecule has 0 aliphatic rings. The molecule has 1 N–H and O–H groups in total. The van der Waals surface area contributed by atoms with Crippen molar-refractivity contribution in [3.8, 4) is 5.75 Å². The molecule has 0 saturated heterocycles. The predicted molar refractivity (Wildman–Crippen MR) is 87.8 cm³/mol. The first-order valence-corrected chi connectivity index (χ1v) is 7.44. The lowest BCUT2D eigenvalue weighted by atomic mass is 10.2. The van der Waals surface area contributed by atoms with Crippen molar-refractivity contribution >= 4 is 23.2 Å². The van der Waals surface area contributed by atoms with Gasteiger partial charge >= 0.3 is 0 Å². The Morgan fingerprint density at radius 1 is 1.14 bits per heavy atom. The van der Waals surface area contributed by atoms with Crippen molar-refractivity contribution in [1.82, 2.24) is 0 Å². The van der Waals surface area contributed by atoms with E-state index in [1.54, 1.807) is 30.3 Å². The third kappa shape index (κ3) is 5.06. The average Bonchev–Trinajstić information content (AvgIpc) is 2.52. The number of carbonyl (C=O) groups is 1. The van der Waals surface area contributed by atoms with Gasteiger partial charge in [-0.1, -0.05) is 17.7 Å². The van der Waals surface area contributed by atoms with E-state index >= 15 is 0 Å². The van der Waals surface area contributed by atoms with Crippen LogP contribution in [0, 0.1) is 0 Å². The molecule has 22 heavy (non-hydrogen) atoms. The van der Waals surface area contributed by atoms with Crippen molar-refractivity contribution in [3.63, 3.8) is 0 Å². The molecule has 0 aliphatic heterocycles. The lowest BCUT2D eigenvalue weighted by Gasteiger charge is -2.09. The minimum Gasteiger partial charge on any atom is -0.491 e. The summed E-state index contributed by atoms with van der Waals surface area (Å²) in [5, 5.41) is 3.42. The summed E-state index contributed by atoms with van der Waals surface area (Å²) >= 11 is 5.81. The Kier molecular flexibility index (Phi) is 6.25. The maximum atomic E-state index is 12.1. The Bertz CT molecular complexity index is 614. The van der Waals surface area contributed by atoms with Crippen LogP contribution in [0.4, 0.5) is 5.69 Å². The van der Waals surface area contributed by atoms with Crippen molar-refractivity contribution in [2.24, 2.45) is 0 Å². The topological polar surface area (TPSA) is 47.6 Å². The van der Waals surface area contributed by atoms with Crippen molar-refractivity contribution < 1.29 is 14.3 Å². The zero-order valence-corrected chi connectivity index (χ0v) is 13.1. The fourth-order valence-electron chi connectivity index (χ4n) is 1.83. The molecule has 2 rings (SSSR count). The van der Waals surface area contributed by atoms with Crippen LogP contribution >= 0.6 is 11.6 Å². The van der Waals surface area contributed by atoms with Gasteiger partial charge in [0, 0.05) is 28.9 Å². The number of anilines is 1. The van der Waals surface area contributed by atoms with E-state index in [2.05, 4.69) is 5.32 Å². The largest absolute Gasteiger partial charge is 0.491 e. The number of halogens is 1. The standard InChI is InChI=1S/C17H18ClNO3/c1-2-21-10-11-22-16-5-3-4-15(12-16)19-17(20)13-6-8-14(18)9-7-13/h3-9,12H,2,10-11H2,1H3,(H,19,20). The van der Waals surface area contributed by atoms with Crippen LogP contribution in [0.1, 0.15) is 17.3 Å². The van der Waals surface area contributed by atoms with E-state index in [9.17, 15) is 4.79 Å². The maximum absolute atomic E-state index is 12.1. The van der Waals surface area contributed by atoms with Gasteiger partial charge < -0.3 is 14.8 Å². The molecule has 0 spiro atoms. The SMILES string of the molecule is CCOCCOc1cccc(NC(=O)c2ccc(Cl)cc2)c1. The number of rotatable bonds is 7. The van der Waals surface area contributed by atoms with Crippen LogP contribution in [-0.2, 0) is 4.74 Å². The molecule has 5 heteroatoms. The molecule has 0 fully saturated rings. The average molecular weight is 320 g/mol. The minimum atomic E-state index is -0.192. The zero-order chi connectivity index (χ0) is 15.8. The van der Waals surface area contributed by atoms with Gasteiger partial charge in [0.25, 0.3) is 5.91 Å². The highest BCUT2D eigenvalue weighted by Crippen LogP contribution is 2.18. The third-order valence-corrected chi connectivity index (χ3v) is 3.15. The molecule has 0 aliphatic carbocycles. The summed E-state index contributed by atoms with van der Waals surface area (Å²) in [7, 11) is 0. The van der Waals surface area contributed by atoms with Gasteiger partial charge in [-0.15, -0.1) is 0 Å². The first kappa shape index (κ1) is 16.3. The highest BCUT2D eigenvalue weighted by atomic mass is 35.5. The molecule has 116 valence electrons. The third-order valence-electron chi connectivity index (χ3n) is 2.90. The zero-order valence-electron chi connectivity index (χ0n) is 12.3. The quantitative estimate of drug-likeness (QED) is 0.784. The van der Waals surface area contributed by atoms with E-state index in [1.807, 2.05) is 25.1 Å². The Hall–Kier alpha value is -2.04. The Balaban J connectivity index is 1.94. The summed E-state index contributed by atoms with van der Waals surface area (Å²) in [6, 6.07) is 14.0. The smallest absolute Gasteiger partial charge is 0.255 e. The number of hydrogen-bond donors (Lipinski definition) is 1. The lowest BCUT2D eigenvalue weighted by molar-refractivity contribution is 0.102. The second kappa shape index (κ2) is 8.41. The maximum Gasteiger partial charge on any atom is 0.255 e. The monoisotopic (exact) mass is 319 g/mol. The molecule has 0 radical (unpaired) electrons. The molecule has 0 unspecified atom stereocenters. The van der Waals surface area contributed by atoms with Gasteiger partial charge in [-0.2, -0.15) is 0 Å². The summed E-state index contributed by atoms with van der Waals surface area (Å²) in [5.41, 5.74) is 1.22. The van der Waals surface area contributed by atoms with E-state index < -0.39 is 0 Å². The van der Waals surface area contributed by atoms with Crippen molar-refractivity contribution in [1.29, 1.82) is 0 Å². The summed E-state index contributed by atoms with van der Waals surface area (Å²) in [6.07, 6.45) is 0. The fraction of sp³-hybridized carbons (Fsp3) is 0.235. The number of carbonyl (C=O) groups excluding carboxylic acids is 1. The van der Waals surface area contributed by atoms with E-state index in [-0.39, 0.29) is 5.91 Å². The Morgan fingerprint density at radius 2 is 1.91 bits per heavy atom. The van der Waals surface area contributed by atoms with Crippen molar-refractivity contribution in [2.45, 2.75) is 6.92 Å². The van der Waals surface area contributed by atoms with Gasteiger partial charge in [-0.3, -0.25) is 4.79 Å². The summed E-state index contributed by atoms with van der Waals surface area (Å²) in [4.78, 5) is 12.1. The number of ether oxygens (including phenoxy) is 2. The Labute approximate surface area is 135 Å². The van der Waals surface area contributed by atoms with Crippen LogP contribution in [0.25, 0.3) is 0 Å². The fourth-order valence-corrected chi connectivity index (χ4v) is 1.96. The van der Waals surface area contributed by atoms with Gasteiger partial charge in [0.05, 0.1) is 6.61 Å². The lowest BCUT2D eigenvalue weighted by Crippen LogP contribution is -2.12. The molecule has 0 saturated carbocycles.